The Hall–Kier alpha value is -1.54. The van der Waals surface area contributed by atoms with E-state index in [4.69, 9.17) is 0 Å². The van der Waals surface area contributed by atoms with Crippen LogP contribution in [0, 0.1) is 0 Å². The van der Waals surface area contributed by atoms with Crippen LogP contribution in [0.3, 0.4) is 0 Å². The molecule has 0 N–H and O–H groups in total. The van der Waals surface area contributed by atoms with Crippen LogP contribution >= 0.6 is 0 Å². The normalized spacial score (nSPS) is 10.3. The van der Waals surface area contributed by atoms with Crippen molar-refractivity contribution in [3.8, 4) is 0 Å². The van der Waals surface area contributed by atoms with Gasteiger partial charge >= 0.3 is 0 Å². The van der Waals surface area contributed by atoms with Crippen LogP contribution in [0.2, 0.25) is 0 Å². The molecule has 2 rings (SSSR count). The largest absolute Gasteiger partial charge is 1.00 e. The van der Waals surface area contributed by atoms with Gasteiger partial charge in [-0.1, -0.05) is 36.4 Å². The summed E-state index contributed by atoms with van der Waals surface area (Å²) in [4.78, 5) is 0. The Morgan fingerprint density at radius 3 is 2.62 bits per heavy atom. The molecule has 0 aliphatic carbocycles. The zero-order valence-corrected chi connectivity index (χ0v) is 10.0. The second-order valence-corrected chi connectivity index (χ2v) is 3.59. The highest BCUT2D eigenvalue weighted by molar-refractivity contribution is 5.48. The number of aromatic nitrogens is 2. The predicted octanol–water partition coefficient (Wildman–Crippen LogP) is -0.970. The monoisotopic (exact) mass is 234 g/mol. The highest BCUT2D eigenvalue weighted by atomic mass is 35.5. The maximum atomic E-state index is 2.16. The summed E-state index contributed by atoms with van der Waals surface area (Å²) in [5.74, 6) is 0. The van der Waals surface area contributed by atoms with Crippen molar-refractivity contribution in [1.29, 1.82) is 0 Å². The van der Waals surface area contributed by atoms with E-state index in [1.165, 1.54) is 5.56 Å². The fourth-order valence-corrected chi connectivity index (χ4v) is 1.48. The van der Waals surface area contributed by atoms with Gasteiger partial charge in [-0.15, -0.1) is 0 Å². The lowest BCUT2D eigenvalue weighted by Crippen LogP contribution is -3.00. The van der Waals surface area contributed by atoms with Gasteiger partial charge in [0.2, 0.25) is 6.33 Å². The SMILES string of the molecule is Cn1cc[n+](CC=Cc2ccccc2)c1.[Cl-]. The molecule has 0 saturated heterocycles. The van der Waals surface area contributed by atoms with Crippen molar-refractivity contribution in [1.82, 2.24) is 4.57 Å². The molecule has 0 aliphatic heterocycles. The van der Waals surface area contributed by atoms with Crippen LogP contribution in [0.5, 0.6) is 0 Å². The van der Waals surface area contributed by atoms with E-state index >= 15 is 0 Å². The van der Waals surface area contributed by atoms with Crippen molar-refractivity contribution in [3.63, 3.8) is 0 Å². The fraction of sp³-hybridized carbons (Fsp3) is 0.154. The number of allylic oxidation sites excluding steroid dienone is 1. The van der Waals surface area contributed by atoms with Gasteiger partial charge < -0.3 is 12.4 Å². The summed E-state index contributed by atoms with van der Waals surface area (Å²) in [5.41, 5.74) is 1.24. The smallest absolute Gasteiger partial charge is 0.243 e. The van der Waals surface area contributed by atoms with Gasteiger partial charge in [0.25, 0.3) is 0 Å². The van der Waals surface area contributed by atoms with Gasteiger partial charge in [-0.2, -0.15) is 0 Å². The second-order valence-electron chi connectivity index (χ2n) is 3.59. The van der Waals surface area contributed by atoms with Crippen LogP contribution in [-0.4, -0.2) is 4.57 Å². The second kappa shape index (κ2) is 6.13. The standard InChI is InChI=1S/C13H15N2.ClH/c1-14-10-11-15(12-14)9-5-8-13-6-3-2-4-7-13;/h2-8,10-12H,9H2,1H3;1H/q+1;/p-1. The average Bonchev–Trinajstić information content (AvgIpc) is 2.66. The van der Waals surface area contributed by atoms with Crippen molar-refractivity contribution in [2.24, 2.45) is 7.05 Å². The van der Waals surface area contributed by atoms with E-state index < -0.39 is 0 Å². The molecular formula is C13H15ClN2. The molecule has 2 aromatic rings. The highest BCUT2D eigenvalue weighted by Gasteiger charge is 1.95. The van der Waals surface area contributed by atoms with E-state index in [1.54, 1.807) is 0 Å². The molecule has 0 radical (unpaired) electrons. The molecule has 1 aromatic carbocycles. The number of rotatable bonds is 3. The van der Waals surface area contributed by atoms with E-state index in [1.807, 2.05) is 23.9 Å². The zero-order chi connectivity index (χ0) is 10.5. The van der Waals surface area contributed by atoms with Gasteiger partial charge in [0.15, 0.2) is 0 Å². The van der Waals surface area contributed by atoms with E-state index in [0.717, 1.165) is 6.54 Å². The Balaban J connectivity index is 0.00000128. The molecule has 0 fully saturated rings. The third-order valence-electron chi connectivity index (χ3n) is 2.25. The van der Waals surface area contributed by atoms with Crippen LogP contribution in [0.15, 0.2) is 55.1 Å². The number of hydrogen-bond acceptors (Lipinski definition) is 0. The Bertz CT molecular complexity index is 446. The van der Waals surface area contributed by atoms with Crippen molar-refractivity contribution < 1.29 is 17.0 Å². The van der Waals surface area contributed by atoms with Crippen molar-refractivity contribution >= 4 is 6.08 Å². The van der Waals surface area contributed by atoms with Crippen molar-refractivity contribution in [3.05, 3.63) is 60.7 Å². The van der Waals surface area contributed by atoms with Crippen LogP contribution in [0.1, 0.15) is 5.56 Å². The zero-order valence-electron chi connectivity index (χ0n) is 9.25. The van der Waals surface area contributed by atoms with Gasteiger partial charge in [0, 0.05) is 0 Å². The summed E-state index contributed by atoms with van der Waals surface area (Å²) >= 11 is 0. The number of aryl methyl sites for hydroxylation is 1. The number of benzene rings is 1. The maximum absolute atomic E-state index is 2.16. The molecule has 0 unspecified atom stereocenters. The molecule has 1 aromatic heterocycles. The number of hydrogen-bond donors (Lipinski definition) is 0. The Morgan fingerprint density at radius 1 is 1.25 bits per heavy atom. The van der Waals surface area contributed by atoms with Crippen LogP contribution in [0.25, 0.3) is 6.08 Å². The summed E-state index contributed by atoms with van der Waals surface area (Å²) < 4.78 is 4.18. The molecule has 84 valence electrons. The van der Waals surface area contributed by atoms with E-state index in [-0.39, 0.29) is 12.4 Å². The molecule has 0 atom stereocenters. The Kier molecular flexibility index (Phi) is 4.80. The lowest BCUT2D eigenvalue weighted by molar-refractivity contribution is -0.686. The summed E-state index contributed by atoms with van der Waals surface area (Å²) in [7, 11) is 2.03. The minimum absolute atomic E-state index is 0. The number of halogens is 1. The lowest BCUT2D eigenvalue weighted by atomic mass is 10.2. The van der Waals surface area contributed by atoms with E-state index in [2.05, 4.69) is 53.5 Å². The maximum Gasteiger partial charge on any atom is 0.243 e. The van der Waals surface area contributed by atoms with Gasteiger partial charge in [-0.3, -0.25) is 0 Å². The van der Waals surface area contributed by atoms with Gasteiger partial charge in [-0.25, -0.2) is 9.13 Å². The number of imidazole rings is 1. The Morgan fingerprint density at radius 2 is 2.00 bits per heavy atom. The predicted molar refractivity (Wildman–Crippen MR) is 61.1 cm³/mol. The lowest BCUT2D eigenvalue weighted by Gasteiger charge is -1.91. The summed E-state index contributed by atoms with van der Waals surface area (Å²) in [5, 5.41) is 0. The van der Waals surface area contributed by atoms with Crippen molar-refractivity contribution in [2.75, 3.05) is 0 Å². The van der Waals surface area contributed by atoms with Gasteiger partial charge in [-0.05, 0) is 11.6 Å². The topological polar surface area (TPSA) is 8.81 Å². The minimum Gasteiger partial charge on any atom is -1.00 e. The average molecular weight is 235 g/mol. The molecule has 0 amide bonds. The Labute approximate surface area is 102 Å². The molecule has 0 bridgehead atoms. The molecule has 1 heterocycles. The van der Waals surface area contributed by atoms with Crippen LogP contribution in [-0.2, 0) is 13.6 Å². The molecule has 3 heteroatoms. The molecular weight excluding hydrogens is 220 g/mol. The van der Waals surface area contributed by atoms with E-state index in [0.29, 0.717) is 0 Å². The third-order valence-corrected chi connectivity index (χ3v) is 2.25. The molecule has 0 spiro atoms. The highest BCUT2D eigenvalue weighted by Crippen LogP contribution is 2.00. The molecule has 0 saturated carbocycles. The van der Waals surface area contributed by atoms with Crippen molar-refractivity contribution in [2.45, 2.75) is 6.54 Å². The summed E-state index contributed by atoms with van der Waals surface area (Å²) in [6, 6.07) is 10.3. The third kappa shape index (κ3) is 3.55. The van der Waals surface area contributed by atoms with Gasteiger partial charge in [0.1, 0.15) is 18.9 Å². The molecule has 0 aliphatic rings. The first-order chi connectivity index (χ1) is 7.34. The van der Waals surface area contributed by atoms with Crippen LogP contribution in [0.4, 0.5) is 0 Å². The quantitative estimate of drug-likeness (QED) is 0.605. The minimum atomic E-state index is 0. The first-order valence-corrected chi connectivity index (χ1v) is 5.07. The molecule has 2 nitrogen and oxygen atoms in total. The first kappa shape index (κ1) is 12.5. The van der Waals surface area contributed by atoms with Crippen LogP contribution < -0.4 is 17.0 Å². The molecule has 16 heavy (non-hydrogen) atoms. The first-order valence-electron chi connectivity index (χ1n) is 5.07. The van der Waals surface area contributed by atoms with E-state index in [9.17, 15) is 0 Å². The summed E-state index contributed by atoms with van der Waals surface area (Å²) in [6.07, 6.45) is 10.5. The van der Waals surface area contributed by atoms with Gasteiger partial charge in [0.05, 0.1) is 7.05 Å². The number of nitrogens with zero attached hydrogens (tertiary/aromatic N) is 2. The summed E-state index contributed by atoms with van der Waals surface area (Å²) in [6.45, 7) is 0.912. The fourth-order valence-electron chi connectivity index (χ4n) is 1.48.